The number of thiazole rings is 1. The van der Waals surface area contributed by atoms with Crippen molar-refractivity contribution in [3.05, 3.63) is 58.4 Å². The van der Waals surface area contributed by atoms with Gasteiger partial charge < -0.3 is 15.2 Å². The van der Waals surface area contributed by atoms with Crippen molar-refractivity contribution in [3.63, 3.8) is 0 Å². The zero-order valence-electron chi connectivity index (χ0n) is 12.6. The van der Waals surface area contributed by atoms with Crippen molar-refractivity contribution < 1.29 is 9.84 Å². The van der Waals surface area contributed by atoms with Crippen LogP contribution in [0.1, 0.15) is 11.3 Å². The van der Waals surface area contributed by atoms with Crippen LogP contribution in [0.3, 0.4) is 0 Å². The van der Waals surface area contributed by atoms with Gasteiger partial charge in [-0.15, -0.1) is 22.7 Å². The first-order valence-corrected chi connectivity index (χ1v) is 9.13. The first-order valence-electron chi connectivity index (χ1n) is 7.37. The highest BCUT2D eigenvalue weighted by atomic mass is 32.1. The summed E-state index contributed by atoms with van der Waals surface area (Å²) in [5.41, 5.74) is 2.13. The Morgan fingerprint density at radius 2 is 2.00 bits per heavy atom. The summed E-state index contributed by atoms with van der Waals surface area (Å²) in [6.07, 6.45) is 0. The Hall–Kier alpha value is -1.73. The SMILES string of the molecule is OCCOc1ccccc1CNCc1csc(-c2cccs2)n1. The largest absolute Gasteiger partial charge is 0.491 e. The standard InChI is InChI=1S/C17H18N2O2S2/c20-7-8-21-15-5-2-1-4-13(15)10-18-11-14-12-23-17(19-14)16-6-3-9-22-16/h1-6,9,12,18,20H,7-8,10-11H2. The molecule has 0 saturated carbocycles. The molecule has 3 rings (SSSR count). The Labute approximate surface area is 143 Å². The van der Waals surface area contributed by atoms with Crippen LogP contribution in [0.2, 0.25) is 0 Å². The monoisotopic (exact) mass is 346 g/mol. The molecule has 6 heteroatoms. The van der Waals surface area contributed by atoms with Crippen LogP contribution in [0.5, 0.6) is 5.75 Å². The van der Waals surface area contributed by atoms with E-state index in [1.54, 1.807) is 22.7 Å². The number of nitrogens with one attached hydrogen (secondary N) is 1. The van der Waals surface area contributed by atoms with Gasteiger partial charge in [0.25, 0.3) is 0 Å². The fourth-order valence-electron chi connectivity index (χ4n) is 2.17. The first kappa shape index (κ1) is 16.1. The van der Waals surface area contributed by atoms with Crippen LogP contribution in [-0.2, 0) is 13.1 Å². The van der Waals surface area contributed by atoms with Gasteiger partial charge >= 0.3 is 0 Å². The van der Waals surface area contributed by atoms with E-state index in [2.05, 4.69) is 27.1 Å². The summed E-state index contributed by atoms with van der Waals surface area (Å²) in [6.45, 7) is 1.75. The third kappa shape index (κ3) is 4.39. The van der Waals surface area contributed by atoms with Crippen LogP contribution in [0.25, 0.3) is 9.88 Å². The Balaban J connectivity index is 1.56. The quantitative estimate of drug-likeness (QED) is 0.655. The van der Waals surface area contributed by atoms with Crippen molar-refractivity contribution in [1.82, 2.24) is 10.3 Å². The number of benzene rings is 1. The van der Waals surface area contributed by atoms with E-state index in [0.29, 0.717) is 13.2 Å². The summed E-state index contributed by atoms with van der Waals surface area (Å²) in [5, 5.41) is 17.5. The molecule has 0 unspecified atom stereocenters. The van der Waals surface area contributed by atoms with E-state index in [9.17, 15) is 0 Å². The average molecular weight is 346 g/mol. The number of para-hydroxylation sites is 1. The molecule has 0 saturated heterocycles. The lowest BCUT2D eigenvalue weighted by Gasteiger charge is -2.10. The van der Waals surface area contributed by atoms with Crippen molar-refractivity contribution in [2.45, 2.75) is 13.1 Å². The fourth-order valence-corrected chi connectivity index (χ4v) is 3.81. The van der Waals surface area contributed by atoms with Crippen LogP contribution in [0.4, 0.5) is 0 Å². The minimum atomic E-state index is 0.0199. The summed E-state index contributed by atoms with van der Waals surface area (Å²) in [7, 11) is 0. The van der Waals surface area contributed by atoms with Crippen molar-refractivity contribution in [3.8, 4) is 15.6 Å². The van der Waals surface area contributed by atoms with Gasteiger partial charge in [0.05, 0.1) is 17.2 Å². The Bertz CT molecular complexity index is 726. The van der Waals surface area contributed by atoms with Crippen LogP contribution < -0.4 is 10.1 Å². The molecule has 0 atom stereocenters. The highest BCUT2D eigenvalue weighted by molar-refractivity contribution is 7.20. The molecule has 4 nitrogen and oxygen atoms in total. The van der Waals surface area contributed by atoms with E-state index < -0.39 is 0 Å². The maximum atomic E-state index is 8.88. The number of aliphatic hydroxyl groups excluding tert-OH is 1. The van der Waals surface area contributed by atoms with Gasteiger partial charge in [0.15, 0.2) is 0 Å². The summed E-state index contributed by atoms with van der Waals surface area (Å²) in [6, 6.07) is 12.0. The lowest BCUT2D eigenvalue weighted by molar-refractivity contribution is 0.200. The molecule has 0 aliphatic carbocycles. The number of hydrogen-bond donors (Lipinski definition) is 2. The number of ether oxygens (including phenoxy) is 1. The van der Waals surface area contributed by atoms with Crippen LogP contribution in [-0.4, -0.2) is 23.3 Å². The van der Waals surface area contributed by atoms with Crippen molar-refractivity contribution in [1.29, 1.82) is 0 Å². The van der Waals surface area contributed by atoms with Gasteiger partial charge in [-0.2, -0.15) is 0 Å². The van der Waals surface area contributed by atoms with Crippen LogP contribution in [0, 0.1) is 0 Å². The Kier molecular flexibility index (Phi) is 5.76. The maximum Gasteiger partial charge on any atom is 0.133 e. The molecule has 0 bridgehead atoms. The van der Waals surface area contributed by atoms with E-state index in [1.807, 2.05) is 30.3 Å². The molecule has 2 heterocycles. The first-order chi connectivity index (χ1) is 11.4. The molecule has 3 aromatic rings. The lowest BCUT2D eigenvalue weighted by Crippen LogP contribution is -2.14. The molecule has 120 valence electrons. The normalized spacial score (nSPS) is 10.8. The smallest absolute Gasteiger partial charge is 0.133 e. The van der Waals surface area contributed by atoms with E-state index in [4.69, 9.17) is 9.84 Å². The zero-order valence-corrected chi connectivity index (χ0v) is 14.2. The van der Waals surface area contributed by atoms with Crippen molar-refractivity contribution in [2.75, 3.05) is 13.2 Å². The number of nitrogens with zero attached hydrogens (tertiary/aromatic N) is 1. The third-order valence-electron chi connectivity index (χ3n) is 3.23. The van der Waals surface area contributed by atoms with Crippen LogP contribution >= 0.6 is 22.7 Å². The van der Waals surface area contributed by atoms with Crippen LogP contribution in [0.15, 0.2) is 47.2 Å². The summed E-state index contributed by atoms with van der Waals surface area (Å²) >= 11 is 3.38. The second kappa shape index (κ2) is 8.21. The van der Waals surface area contributed by atoms with Gasteiger partial charge in [-0.1, -0.05) is 24.3 Å². The second-order valence-electron chi connectivity index (χ2n) is 4.90. The molecule has 0 radical (unpaired) electrons. The minimum Gasteiger partial charge on any atom is -0.491 e. The third-order valence-corrected chi connectivity index (χ3v) is 5.16. The molecule has 1 aromatic carbocycles. The van der Waals surface area contributed by atoms with Gasteiger partial charge in [-0.3, -0.25) is 0 Å². The lowest BCUT2D eigenvalue weighted by atomic mass is 10.2. The molecular weight excluding hydrogens is 328 g/mol. The topological polar surface area (TPSA) is 54.4 Å². The Morgan fingerprint density at radius 3 is 2.83 bits per heavy atom. The number of aromatic nitrogens is 1. The van der Waals surface area contributed by atoms with E-state index >= 15 is 0 Å². The predicted octanol–water partition coefficient (Wildman–Crippen LogP) is 3.53. The van der Waals surface area contributed by atoms with Gasteiger partial charge in [0.1, 0.15) is 17.4 Å². The fraction of sp³-hybridized carbons (Fsp3) is 0.235. The average Bonchev–Trinajstić information content (AvgIpc) is 3.25. The number of thiophene rings is 1. The van der Waals surface area contributed by atoms with Gasteiger partial charge in [0.2, 0.25) is 0 Å². The summed E-state index contributed by atoms with van der Waals surface area (Å²) in [5.74, 6) is 0.812. The molecule has 0 spiro atoms. The predicted molar refractivity (Wildman–Crippen MR) is 95.0 cm³/mol. The van der Waals surface area contributed by atoms with Gasteiger partial charge in [-0.05, 0) is 17.5 Å². The number of hydrogen-bond acceptors (Lipinski definition) is 6. The molecule has 2 aromatic heterocycles. The van der Waals surface area contributed by atoms with Crippen molar-refractivity contribution in [2.24, 2.45) is 0 Å². The molecular formula is C17H18N2O2S2. The molecule has 0 amide bonds. The zero-order chi connectivity index (χ0) is 15.9. The minimum absolute atomic E-state index is 0.0199. The molecule has 2 N–H and O–H groups in total. The molecule has 23 heavy (non-hydrogen) atoms. The highest BCUT2D eigenvalue weighted by Crippen LogP contribution is 2.27. The molecule has 0 aliphatic rings. The Morgan fingerprint density at radius 1 is 1.09 bits per heavy atom. The molecule has 0 fully saturated rings. The van der Waals surface area contributed by atoms with E-state index in [1.165, 1.54) is 4.88 Å². The molecule has 0 aliphatic heterocycles. The van der Waals surface area contributed by atoms with E-state index in [0.717, 1.165) is 28.6 Å². The van der Waals surface area contributed by atoms with E-state index in [-0.39, 0.29) is 6.61 Å². The summed E-state index contributed by atoms with van der Waals surface area (Å²) < 4.78 is 5.54. The second-order valence-corrected chi connectivity index (χ2v) is 6.71. The maximum absolute atomic E-state index is 8.88. The number of rotatable bonds is 8. The summed E-state index contributed by atoms with van der Waals surface area (Å²) in [4.78, 5) is 5.87. The van der Waals surface area contributed by atoms with Crippen molar-refractivity contribution >= 4 is 22.7 Å². The van der Waals surface area contributed by atoms with Gasteiger partial charge in [0, 0.05) is 24.0 Å². The highest BCUT2D eigenvalue weighted by Gasteiger charge is 2.06. The number of aliphatic hydroxyl groups is 1. The van der Waals surface area contributed by atoms with Gasteiger partial charge in [-0.25, -0.2) is 4.98 Å².